The maximum Gasteiger partial charge on any atom is 0.249 e. The molecule has 3 aromatic heterocycles. The van der Waals surface area contributed by atoms with Gasteiger partial charge >= 0.3 is 0 Å². The summed E-state index contributed by atoms with van der Waals surface area (Å²) in [6, 6.07) is 5.79. The number of aromatic nitrogens is 5. The molecule has 2 amide bonds. The smallest absolute Gasteiger partial charge is 0.249 e. The Labute approximate surface area is 221 Å². The number of amides is 2. The van der Waals surface area contributed by atoms with E-state index in [0.29, 0.717) is 27.8 Å². The average Bonchev–Trinajstić information content (AvgIpc) is 3.45. The molecular formula is C25H22ClFN8O3. The van der Waals surface area contributed by atoms with Crippen LogP contribution in [-0.4, -0.2) is 65.8 Å². The molecule has 0 bridgehead atoms. The van der Waals surface area contributed by atoms with Crippen molar-refractivity contribution in [1.82, 2.24) is 29.4 Å². The number of alkyl halides is 1. The number of anilines is 3. The van der Waals surface area contributed by atoms with E-state index in [-0.39, 0.29) is 36.4 Å². The predicted octanol–water partition coefficient (Wildman–Crippen LogP) is 3.40. The van der Waals surface area contributed by atoms with Gasteiger partial charge in [0, 0.05) is 41.0 Å². The van der Waals surface area contributed by atoms with Crippen molar-refractivity contribution >= 4 is 57.4 Å². The number of carbonyl (C=O) groups excluding carboxylic acids is 3. The SMILES string of the molecule is CC(=O)c1cn(CC(=O)N2C[C@H](F)C[C@H]2C(=O)Nc2nccc(Cl)n2)c2ccc(Nc3cncnc3)cc12. The number of likely N-dealkylation sites (tertiary alicyclic amines) is 1. The zero-order valence-electron chi connectivity index (χ0n) is 20.1. The van der Waals surface area contributed by atoms with Gasteiger partial charge in [0.15, 0.2) is 5.78 Å². The molecular weight excluding hydrogens is 515 g/mol. The summed E-state index contributed by atoms with van der Waals surface area (Å²) in [4.78, 5) is 55.5. The molecule has 11 nitrogen and oxygen atoms in total. The monoisotopic (exact) mass is 536 g/mol. The molecule has 1 aromatic carbocycles. The first kappa shape index (κ1) is 25.2. The van der Waals surface area contributed by atoms with Crippen molar-refractivity contribution in [3.8, 4) is 0 Å². The Balaban J connectivity index is 1.38. The standard InChI is InChI=1S/C25H22ClFN8O3/c1-14(36)19-11-34(20-3-2-16(7-18(19)20)31-17-8-28-13-29-9-17)12-23(37)35-10-15(27)6-21(35)24(38)33-25-30-5-4-22(26)32-25/h2-5,7-9,11,13,15,21,31H,6,10,12H2,1H3,(H,30,32,33,38)/t15-,21+/m1/s1. The Bertz CT molecular complexity index is 1530. The Hall–Kier alpha value is -4.45. The molecule has 0 spiro atoms. The number of carbonyl (C=O) groups is 3. The van der Waals surface area contributed by atoms with Gasteiger partial charge in [0.2, 0.25) is 17.8 Å². The number of halogens is 2. The molecule has 38 heavy (non-hydrogen) atoms. The quantitative estimate of drug-likeness (QED) is 0.271. The van der Waals surface area contributed by atoms with Crippen LogP contribution >= 0.6 is 11.6 Å². The summed E-state index contributed by atoms with van der Waals surface area (Å²) in [6.45, 7) is 1.03. The lowest BCUT2D eigenvalue weighted by Crippen LogP contribution is -2.44. The number of fused-ring (bicyclic) bond motifs is 1. The molecule has 1 fully saturated rings. The molecule has 0 radical (unpaired) electrons. The van der Waals surface area contributed by atoms with E-state index in [1.165, 1.54) is 30.4 Å². The van der Waals surface area contributed by atoms with Gasteiger partial charge in [-0.05, 0) is 31.2 Å². The maximum absolute atomic E-state index is 14.4. The molecule has 1 aliphatic rings. The van der Waals surface area contributed by atoms with Gasteiger partial charge in [0.25, 0.3) is 0 Å². The van der Waals surface area contributed by atoms with Gasteiger partial charge in [-0.2, -0.15) is 0 Å². The Morgan fingerprint density at radius 1 is 1.16 bits per heavy atom. The average molecular weight is 537 g/mol. The van der Waals surface area contributed by atoms with E-state index >= 15 is 0 Å². The lowest BCUT2D eigenvalue weighted by atomic mass is 10.1. The molecule has 2 atom stereocenters. The van der Waals surface area contributed by atoms with Gasteiger partial charge in [0.1, 0.15) is 30.2 Å². The van der Waals surface area contributed by atoms with E-state index < -0.39 is 24.0 Å². The Morgan fingerprint density at radius 3 is 2.68 bits per heavy atom. The van der Waals surface area contributed by atoms with E-state index in [1.54, 1.807) is 41.4 Å². The minimum absolute atomic E-state index is 0.0359. The lowest BCUT2D eigenvalue weighted by molar-refractivity contribution is -0.137. The summed E-state index contributed by atoms with van der Waals surface area (Å²) in [5.74, 6) is -1.28. The molecule has 0 aliphatic carbocycles. The normalized spacial score (nSPS) is 17.0. The maximum atomic E-state index is 14.4. The van der Waals surface area contributed by atoms with E-state index in [2.05, 4.69) is 30.6 Å². The minimum Gasteiger partial charge on any atom is -0.353 e. The highest BCUT2D eigenvalue weighted by molar-refractivity contribution is 6.29. The molecule has 0 unspecified atom stereocenters. The zero-order chi connectivity index (χ0) is 26.8. The van der Waals surface area contributed by atoms with Crippen molar-refractivity contribution in [3.05, 3.63) is 66.1 Å². The third kappa shape index (κ3) is 5.30. The molecule has 1 saturated heterocycles. The van der Waals surface area contributed by atoms with Gasteiger partial charge in [-0.15, -0.1) is 0 Å². The first-order chi connectivity index (χ1) is 18.3. The van der Waals surface area contributed by atoms with E-state index in [9.17, 15) is 18.8 Å². The van der Waals surface area contributed by atoms with E-state index in [0.717, 1.165) is 0 Å². The van der Waals surface area contributed by atoms with Crippen molar-refractivity contribution < 1.29 is 18.8 Å². The van der Waals surface area contributed by atoms with Gasteiger partial charge < -0.3 is 14.8 Å². The number of Topliss-reactive ketones (excluding diaryl/α,β-unsaturated/α-hetero) is 1. The van der Waals surface area contributed by atoms with Crippen LogP contribution in [0.1, 0.15) is 23.7 Å². The summed E-state index contributed by atoms with van der Waals surface area (Å²) >= 11 is 5.84. The second kappa shape index (κ2) is 10.5. The summed E-state index contributed by atoms with van der Waals surface area (Å²) in [6.07, 6.45) is 6.11. The molecule has 1 aliphatic heterocycles. The van der Waals surface area contributed by atoms with Crippen LogP contribution in [0.2, 0.25) is 5.15 Å². The third-order valence-electron chi connectivity index (χ3n) is 6.14. The lowest BCUT2D eigenvalue weighted by Gasteiger charge is -2.23. The second-order valence-corrected chi connectivity index (χ2v) is 9.19. The van der Waals surface area contributed by atoms with Crippen molar-refractivity contribution in [2.45, 2.75) is 32.1 Å². The number of benzene rings is 1. The summed E-state index contributed by atoms with van der Waals surface area (Å²) in [5.41, 5.74) is 2.45. The van der Waals surface area contributed by atoms with E-state index in [1.807, 2.05) is 0 Å². The van der Waals surface area contributed by atoms with Gasteiger partial charge in [-0.1, -0.05) is 11.6 Å². The summed E-state index contributed by atoms with van der Waals surface area (Å²) in [7, 11) is 0. The first-order valence-corrected chi connectivity index (χ1v) is 12.0. The topological polar surface area (TPSA) is 135 Å². The van der Waals surface area contributed by atoms with Crippen LogP contribution < -0.4 is 10.6 Å². The molecule has 0 saturated carbocycles. The second-order valence-electron chi connectivity index (χ2n) is 8.80. The third-order valence-corrected chi connectivity index (χ3v) is 6.36. The largest absolute Gasteiger partial charge is 0.353 e. The van der Waals surface area contributed by atoms with E-state index in [4.69, 9.17) is 11.6 Å². The number of rotatable bonds is 7. The highest BCUT2D eigenvalue weighted by Gasteiger charge is 2.40. The number of ketones is 1. The van der Waals surface area contributed by atoms with Crippen LogP contribution in [0.3, 0.4) is 0 Å². The summed E-state index contributed by atoms with van der Waals surface area (Å²) < 4.78 is 16.0. The molecule has 194 valence electrons. The van der Waals surface area contributed by atoms with Crippen molar-refractivity contribution in [2.75, 3.05) is 17.2 Å². The van der Waals surface area contributed by atoms with Gasteiger partial charge in [0.05, 0.1) is 24.6 Å². The summed E-state index contributed by atoms with van der Waals surface area (Å²) in [5, 5.41) is 6.45. The number of nitrogens with one attached hydrogen (secondary N) is 2. The van der Waals surface area contributed by atoms with Crippen LogP contribution in [0.25, 0.3) is 10.9 Å². The molecule has 4 aromatic rings. The molecule has 4 heterocycles. The first-order valence-electron chi connectivity index (χ1n) is 11.7. The van der Waals surface area contributed by atoms with Gasteiger partial charge in [-0.25, -0.2) is 24.3 Å². The highest BCUT2D eigenvalue weighted by Crippen LogP contribution is 2.28. The van der Waals surface area contributed by atoms with Crippen molar-refractivity contribution in [2.24, 2.45) is 0 Å². The zero-order valence-corrected chi connectivity index (χ0v) is 20.9. The fraction of sp³-hybridized carbons (Fsp3) is 0.240. The molecule has 2 N–H and O–H groups in total. The fourth-order valence-corrected chi connectivity index (χ4v) is 4.59. The number of hydrogen-bond donors (Lipinski definition) is 2. The van der Waals surface area contributed by atoms with Crippen LogP contribution in [0.4, 0.5) is 21.7 Å². The van der Waals surface area contributed by atoms with Crippen LogP contribution in [0, 0.1) is 0 Å². The number of nitrogens with zero attached hydrogens (tertiary/aromatic N) is 6. The molecule has 13 heteroatoms. The van der Waals surface area contributed by atoms with Gasteiger partial charge in [-0.3, -0.25) is 19.7 Å². The predicted molar refractivity (Wildman–Crippen MR) is 138 cm³/mol. The van der Waals surface area contributed by atoms with Crippen LogP contribution in [0.5, 0.6) is 0 Å². The minimum atomic E-state index is -1.36. The van der Waals surface area contributed by atoms with Crippen molar-refractivity contribution in [3.63, 3.8) is 0 Å². The van der Waals surface area contributed by atoms with Crippen LogP contribution in [-0.2, 0) is 16.1 Å². The number of hydrogen-bond acceptors (Lipinski definition) is 8. The van der Waals surface area contributed by atoms with Crippen LogP contribution in [0.15, 0.2) is 55.4 Å². The fourth-order valence-electron chi connectivity index (χ4n) is 4.45. The molecule has 5 rings (SSSR count). The Morgan fingerprint density at radius 2 is 1.95 bits per heavy atom. The Kier molecular flexibility index (Phi) is 6.97. The van der Waals surface area contributed by atoms with Crippen molar-refractivity contribution in [1.29, 1.82) is 0 Å². The highest BCUT2D eigenvalue weighted by atomic mass is 35.5.